The zero-order valence-corrected chi connectivity index (χ0v) is 20.9. The third-order valence-electron chi connectivity index (χ3n) is 7.09. The smallest absolute Gasteiger partial charge is 0.325 e. The van der Waals surface area contributed by atoms with E-state index in [4.69, 9.17) is 14.2 Å². The molecule has 192 valence electrons. The van der Waals surface area contributed by atoms with Gasteiger partial charge < -0.3 is 29.7 Å². The maximum atomic E-state index is 13.2. The fourth-order valence-corrected chi connectivity index (χ4v) is 5.22. The van der Waals surface area contributed by atoms with Gasteiger partial charge in [-0.2, -0.15) is 0 Å². The first-order valence-electron chi connectivity index (χ1n) is 12.6. The van der Waals surface area contributed by atoms with E-state index < -0.39 is 17.5 Å². The second-order valence-electron chi connectivity index (χ2n) is 9.27. The molecule has 1 aromatic rings. The van der Waals surface area contributed by atoms with E-state index in [2.05, 4.69) is 15.5 Å². The number of imide groups is 1. The summed E-state index contributed by atoms with van der Waals surface area (Å²) in [5.74, 6) is 0.370. The lowest BCUT2D eigenvalue weighted by atomic mass is 9.73. The second-order valence-corrected chi connectivity index (χ2v) is 9.27. The summed E-state index contributed by atoms with van der Waals surface area (Å²) in [7, 11) is 0. The SMILES string of the molecule is CCOc1cc(N2CCOCC2)c(OCC)cc1NC(=O)CN1C(=O)N[C@]2(CCCC[C@@H]2C)C1=O. The van der Waals surface area contributed by atoms with E-state index in [1.807, 2.05) is 26.8 Å². The topological polar surface area (TPSA) is 109 Å². The summed E-state index contributed by atoms with van der Waals surface area (Å²) in [6.07, 6.45) is 3.39. The van der Waals surface area contributed by atoms with E-state index in [1.54, 1.807) is 6.07 Å². The molecule has 0 unspecified atom stereocenters. The first-order valence-corrected chi connectivity index (χ1v) is 12.6. The monoisotopic (exact) mass is 488 g/mol. The highest BCUT2D eigenvalue weighted by Crippen LogP contribution is 2.40. The molecule has 1 spiro atoms. The lowest BCUT2D eigenvalue weighted by Crippen LogP contribution is -2.54. The Kier molecular flexibility index (Phi) is 7.69. The molecule has 4 rings (SSSR count). The minimum atomic E-state index is -0.895. The van der Waals surface area contributed by atoms with Gasteiger partial charge in [0.15, 0.2) is 0 Å². The van der Waals surface area contributed by atoms with Crippen molar-refractivity contribution in [2.24, 2.45) is 5.92 Å². The van der Waals surface area contributed by atoms with E-state index in [9.17, 15) is 14.4 Å². The van der Waals surface area contributed by atoms with E-state index >= 15 is 0 Å². The first-order chi connectivity index (χ1) is 16.9. The molecule has 0 bridgehead atoms. The minimum absolute atomic E-state index is 0.0341. The Morgan fingerprint density at radius 2 is 1.86 bits per heavy atom. The number of carbonyl (C=O) groups is 3. The Hall–Kier alpha value is -3.01. The predicted octanol–water partition coefficient (Wildman–Crippen LogP) is 2.76. The number of hydrogen-bond acceptors (Lipinski definition) is 7. The van der Waals surface area contributed by atoms with Gasteiger partial charge in [0, 0.05) is 25.2 Å². The molecule has 1 aromatic carbocycles. The number of amides is 4. The number of benzene rings is 1. The Morgan fingerprint density at radius 3 is 2.54 bits per heavy atom. The maximum absolute atomic E-state index is 13.2. The number of anilines is 2. The second kappa shape index (κ2) is 10.7. The van der Waals surface area contributed by atoms with Crippen LogP contribution in [0.1, 0.15) is 46.5 Å². The van der Waals surface area contributed by atoms with Crippen LogP contribution in [0, 0.1) is 5.92 Å². The molecule has 3 aliphatic rings. The summed E-state index contributed by atoms with van der Waals surface area (Å²) in [6, 6.07) is 3.09. The number of hydrogen-bond donors (Lipinski definition) is 2. The quantitative estimate of drug-likeness (QED) is 0.542. The van der Waals surface area contributed by atoms with Crippen LogP contribution < -0.4 is 25.0 Å². The van der Waals surface area contributed by atoms with Crippen molar-refractivity contribution >= 4 is 29.2 Å². The average molecular weight is 489 g/mol. The molecular formula is C25H36N4O6. The van der Waals surface area contributed by atoms with Crippen molar-refractivity contribution in [1.29, 1.82) is 0 Å². The van der Waals surface area contributed by atoms with Crippen molar-refractivity contribution in [3.8, 4) is 11.5 Å². The molecule has 2 heterocycles. The molecule has 10 heteroatoms. The lowest BCUT2D eigenvalue weighted by Gasteiger charge is -2.36. The van der Waals surface area contributed by atoms with E-state index in [0.29, 0.717) is 50.0 Å². The van der Waals surface area contributed by atoms with Crippen LogP contribution in [0.3, 0.4) is 0 Å². The fourth-order valence-electron chi connectivity index (χ4n) is 5.22. The number of carbonyl (C=O) groups excluding carboxylic acids is 3. The van der Waals surface area contributed by atoms with E-state index in [0.717, 1.165) is 42.9 Å². The van der Waals surface area contributed by atoms with Crippen LogP contribution in [0.15, 0.2) is 12.1 Å². The van der Waals surface area contributed by atoms with Crippen LogP contribution in [0.5, 0.6) is 11.5 Å². The van der Waals surface area contributed by atoms with Gasteiger partial charge in [-0.25, -0.2) is 4.79 Å². The maximum Gasteiger partial charge on any atom is 0.325 e. The highest BCUT2D eigenvalue weighted by molar-refractivity contribution is 6.10. The van der Waals surface area contributed by atoms with Gasteiger partial charge in [0.05, 0.1) is 37.8 Å². The van der Waals surface area contributed by atoms with Crippen LogP contribution in [0.4, 0.5) is 16.2 Å². The molecule has 2 atom stereocenters. The van der Waals surface area contributed by atoms with Crippen molar-refractivity contribution in [2.45, 2.75) is 52.0 Å². The molecule has 1 saturated carbocycles. The highest BCUT2D eigenvalue weighted by atomic mass is 16.5. The molecule has 35 heavy (non-hydrogen) atoms. The molecule has 2 saturated heterocycles. The van der Waals surface area contributed by atoms with Gasteiger partial charge in [0.2, 0.25) is 5.91 Å². The van der Waals surface area contributed by atoms with Gasteiger partial charge in [-0.15, -0.1) is 0 Å². The first kappa shape index (κ1) is 25.1. The van der Waals surface area contributed by atoms with Crippen LogP contribution in [0.2, 0.25) is 0 Å². The largest absolute Gasteiger partial charge is 0.492 e. The Balaban J connectivity index is 1.53. The normalized spacial score (nSPS) is 24.5. The van der Waals surface area contributed by atoms with E-state index in [1.165, 1.54) is 0 Å². The van der Waals surface area contributed by atoms with Crippen molar-refractivity contribution in [2.75, 3.05) is 56.3 Å². The van der Waals surface area contributed by atoms with Crippen molar-refractivity contribution < 1.29 is 28.6 Å². The Morgan fingerprint density at radius 1 is 1.14 bits per heavy atom. The molecule has 10 nitrogen and oxygen atoms in total. The van der Waals surface area contributed by atoms with E-state index in [-0.39, 0.29) is 18.4 Å². The third kappa shape index (κ3) is 5.03. The third-order valence-corrected chi connectivity index (χ3v) is 7.09. The summed E-state index contributed by atoms with van der Waals surface area (Å²) in [6.45, 7) is 8.97. The number of nitrogens with zero attached hydrogens (tertiary/aromatic N) is 2. The fraction of sp³-hybridized carbons (Fsp3) is 0.640. The minimum Gasteiger partial charge on any atom is -0.492 e. The molecule has 2 N–H and O–H groups in total. The highest BCUT2D eigenvalue weighted by Gasteiger charge is 2.55. The summed E-state index contributed by atoms with van der Waals surface area (Å²) < 4.78 is 17.2. The van der Waals surface area contributed by atoms with Gasteiger partial charge in [-0.1, -0.05) is 19.8 Å². The summed E-state index contributed by atoms with van der Waals surface area (Å²) in [5, 5.41) is 5.72. The summed E-state index contributed by atoms with van der Waals surface area (Å²) in [5.41, 5.74) is 0.414. The average Bonchev–Trinajstić information content (AvgIpc) is 3.08. The molecule has 4 amide bonds. The molecular weight excluding hydrogens is 452 g/mol. The van der Waals surface area contributed by atoms with Crippen LogP contribution in [-0.2, 0) is 14.3 Å². The van der Waals surface area contributed by atoms with Crippen molar-refractivity contribution in [3.05, 3.63) is 12.1 Å². The molecule has 2 aliphatic heterocycles. The molecule has 3 fully saturated rings. The van der Waals surface area contributed by atoms with Crippen molar-refractivity contribution in [3.63, 3.8) is 0 Å². The number of rotatable bonds is 8. The molecule has 0 aromatic heterocycles. The van der Waals surface area contributed by atoms with Gasteiger partial charge in [0.1, 0.15) is 23.6 Å². The molecule has 0 radical (unpaired) electrons. The standard InChI is InChI=1S/C25H36N4O6/c1-4-34-20-15-19(28-10-12-33-13-11-28)21(35-5-2)14-18(20)26-22(30)16-29-23(31)25(27-24(29)32)9-7-6-8-17(25)3/h14-15,17H,4-13,16H2,1-3H3,(H,26,30)(H,27,32)/t17-,25-/m0/s1. The van der Waals surface area contributed by atoms with Crippen LogP contribution in [-0.4, -0.2) is 74.3 Å². The van der Waals surface area contributed by atoms with Gasteiger partial charge in [0.25, 0.3) is 5.91 Å². The Bertz CT molecular complexity index is 964. The van der Waals surface area contributed by atoms with Crippen LogP contribution in [0.25, 0.3) is 0 Å². The lowest BCUT2D eigenvalue weighted by molar-refractivity contribution is -0.136. The number of nitrogens with one attached hydrogen (secondary N) is 2. The zero-order chi connectivity index (χ0) is 25.0. The summed E-state index contributed by atoms with van der Waals surface area (Å²) >= 11 is 0. The zero-order valence-electron chi connectivity index (χ0n) is 20.9. The van der Waals surface area contributed by atoms with Gasteiger partial charge in [-0.05, 0) is 32.6 Å². The number of urea groups is 1. The number of morpholine rings is 1. The Labute approximate surface area is 206 Å². The predicted molar refractivity (Wildman–Crippen MR) is 131 cm³/mol. The number of ether oxygens (including phenoxy) is 3. The van der Waals surface area contributed by atoms with Crippen LogP contribution >= 0.6 is 0 Å². The van der Waals surface area contributed by atoms with Gasteiger partial charge >= 0.3 is 6.03 Å². The van der Waals surface area contributed by atoms with Gasteiger partial charge in [-0.3, -0.25) is 14.5 Å². The molecule has 1 aliphatic carbocycles. The summed E-state index contributed by atoms with van der Waals surface area (Å²) in [4.78, 5) is 42.1. The van der Waals surface area contributed by atoms with Crippen molar-refractivity contribution in [1.82, 2.24) is 10.2 Å².